The Morgan fingerprint density at radius 2 is 0.902 bits per heavy atom. The highest BCUT2D eigenvalue weighted by Crippen LogP contribution is 2.45. The van der Waals surface area contributed by atoms with Gasteiger partial charge in [0.2, 0.25) is 0 Å². The molecule has 3 heteroatoms. The Balaban J connectivity index is 1.03. The van der Waals surface area contributed by atoms with Crippen LogP contribution in [0.3, 0.4) is 0 Å². The molecule has 12 rings (SSSR count). The Bertz CT molecular complexity index is 3560. The Morgan fingerprint density at radius 3 is 1.64 bits per heavy atom. The van der Waals surface area contributed by atoms with Crippen molar-refractivity contribution in [1.29, 1.82) is 0 Å². The van der Waals surface area contributed by atoms with Crippen molar-refractivity contribution in [2.24, 2.45) is 0 Å². The summed E-state index contributed by atoms with van der Waals surface area (Å²) >= 11 is 1.88. The molecule has 0 spiro atoms. The van der Waals surface area contributed by atoms with Crippen LogP contribution in [-0.4, -0.2) is 4.57 Å². The average Bonchev–Trinajstić information content (AvgIpc) is 3.87. The molecule has 0 unspecified atom stereocenters. The molecule has 0 saturated heterocycles. The average molecular weight is 795 g/mol. The van der Waals surface area contributed by atoms with Crippen molar-refractivity contribution in [2.45, 2.75) is 0 Å². The molecule has 0 radical (unpaired) electrons. The Labute approximate surface area is 358 Å². The van der Waals surface area contributed by atoms with E-state index in [-0.39, 0.29) is 0 Å². The van der Waals surface area contributed by atoms with E-state index in [2.05, 4.69) is 240 Å². The summed E-state index contributed by atoms with van der Waals surface area (Å²) in [5.41, 5.74) is 14.1. The molecule has 0 aliphatic carbocycles. The first-order chi connectivity index (χ1) is 30.2. The van der Waals surface area contributed by atoms with Gasteiger partial charge < -0.3 is 9.47 Å². The van der Waals surface area contributed by atoms with E-state index in [1.807, 2.05) is 11.3 Å². The summed E-state index contributed by atoms with van der Waals surface area (Å²) in [6, 6.07) is 84.2. The van der Waals surface area contributed by atoms with Gasteiger partial charge in [0.1, 0.15) is 0 Å². The third kappa shape index (κ3) is 6.09. The number of nitrogens with zero attached hydrogens (tertiary/aromatic N) is 2. The highest BCUT2D eigenvalue weighted by Gasteiger charge is 2.19. The van der Waals surface area contributed by atoms with Crippen LogP contribution in [-0.2, 0) is 0 Å². The number of aromatic nitrogens is 1. The predicted octanol–water partition coefficient (Wildman–Crippen LogP) is 16.8. The van der Waals surface area contributed by atoms with E-state index >= 15 is 0 Å². The number of hydrogen-bond acceptors (Lipinski definition) is 2. The second kappa shape index (κ2) is 14.5. The van der Waals surface area contributed by atoms with Crippen molar-refractivity contribution in [3.63, 3.8) is 0 Å². The molecule has 10 aromatic carbocycles. The van der Waals surface area contributed by atoms with Crippen molar-refractivity contribution in [1.82, 2.24) is 4.57 Å². The van der Waals surface area contributed by atoms with Crippen LogP contribution in [0.25, 0.3) is 91.8 Å². The lowest BCUT2D eigenvalue weighted by Gasteiger charge is -2.26. The maximum atomic E-state index is 2.47. The summed E-state index contributed by atoms with van der Waals surface area (Å²) in [5.74, 6) is 0. The molecule has 0 aliphatic heterocycles. The van der Waals surface area contributed by atoms with Gasteiger partial charge in [0.25, 0.3) is 0 Å². The summed E-state index contributed by atoms with van der Waals surface area (Å²) in [4.78, 5) is 2.37. The minimum atomic E-state index is 1.10. The second-order valence-corrected chi connectivity index (χ2v) is 16.8. The number of fused-ring (bicyclic) bond motifs is 7. The normalized spacial score (nSPS) is 11.6. The van der Waals surface area contributed by atoms with Crippen LogP contribution in [0.15, 0.2) is 231 Å². The molecule has 2 heterocycles. The van der Waals surface area contributed by atoms with E-state index in [9.17, 15) is 0 Å². The third-order valence-electron chi connectivity index (χ3n) is 12.1. The quantitative estimate of drug-likeness (QED) is 0.156. The number of rotatable bonds is 7. The Hall–Kier alpha value is -7.72. The van der Waals surface area contributed by atoms with Crippen molar-refractivity contribution >= 4 is 81.1 Å². The molecule has 61 heavy (non-hydrogen) atoms. The van der Waals surface area contributed by atoms with Crippen molar-refractivity contribution in [2.75, 3.05) is 4.90 Å². The summed E-state index contributed by atoms with van der Waals surface area (Å²) in [5, 5.41) is 7.59. The Morgan fingerprint density at radius 1 is 0.328 bits per heavy atom. The van der Waals surface area contributed by atoms with E-state index in [0.29, 0.717) is 0 Å². The first-order valence-corrected chi connectivity index (χ1v) is 21.6. The molecular weight excluding hydrogens is 757 g/mol. The standard InChI is InChI=1S/C58H38N2S/c1-3-14-39(15-4-1)41-26-30-46(31-27-41)59(48-21-13-20-43(34-48)40-16-5-2-6-17-40)47-32-28-42(29-33-47)52-37-49(38-54-51-23-10-12-25-57(51)61-58(52)54)60-55-24-11-9-22-50(55)53-35-44-18-7-8-19-45(44)36-56(53)60/h1-38H. The van der Waals surface area contributed by atoms with Crippen molar-refractivity contribution < 1.29 is 0 Å². The van der Waals surface area contributed by atoms with Crippen LogP contribution in [0, 0.1) is 0 Å². The first kappa shape index (κ1) is 35.2. The van der Waals surface area contributed by atoms with Gasteiger partial charge in [-0.3, -0.25) is 0 Å². The molecule has 2 nitrogen and oxygen atoms in total. The number of hydrogen-bond donors (Lipinski definition) is 0. The molecule has 286 valence electrons. The van der Waals surface area contributed by atoms with Crippen LogP contribution in [0.2, 0.25) is 0 Å². The van der Waals surface area contributed by atoms with Crippen molar-refractivity contribution in [3.8, 4) is 39.1 Å². The number of benzene rings is 10. The van der Waals surface area contributed by atoms with Gasteiger partial charge in [-0.15, -0.1) is 11.3 Å². The summed E-state index contributed by atoms with van der Waals surface area (Å²) in [7, 11) is 0. The van der Waals surface area contributed by atoms with Gasteiger partial charge >= 0.3 is 0 Å². The molecule has 0 bridgehead atoms. The van der Waals surface area contributed by atoms with Gasteiger partial charge in [0.05, 0.1) is 11.0 Å². The highest BCUT2D eigenvalue weighted by atomic mass is 32.1. The zero-order chi connectivity index (χ0) is 40.3. The number of thiophene rings is 1. The van der Waals surface area contributed by atoms with Gasteiger partial charge in [-0.25, -0.2) is 0 Å². The summed E-state index contributed by atoms with van der Waals surface area (Å²) in [6.45, 7) is 0. The molecule has 0 atom stereocenters. The zero-order valence-corrected chi connectivity index (χ0v) is 34.1. The molecule has 0 fully saturated rings. The zero-order valence-electron chi connectivity index (χ0n) is 33.2. The van der Waals surface area contributed by atoms with Crippen LogP contribution >= 0.6 is 11.3 Å². The van der Waals surface area contributed by atoms with E-state index < -0.39 is 0 Å². The number of para-hydroxylation sites is 1. The van der Waals surface area contributed by atoms with E-state index in [1.165, 1.54) is 86.1 Å². The van der Waals surface area contributed by atoms with Crippen LogP contribution < -0.4 is 4.90 Å². The second-order valence-electron chi connectivity index (χ2n) is 15.7. The number of anilines is 3. The monoisotopic (exact) mass is 794 g/mol. The fourth-order valence-corrected chi connectivity index (χ4v) is 10.4. The third-order valence-corrected chi connectivity index (χ3v) is 13.4. The topological polar surface area (TPSA) is 8.17 Å². The SMILES string of the molecule is c1ccc(-c2ccc(N(c3ccc(-c4cc(-n5c6ccccc6c6cc7ccccc7cc65)cc5c4sc4ccccc45)cc3)c3cccc(-c4ccccc4)c3)cc2)cc1. The highest BCUT2D eigenvalue weighted by molar-refractivity contribution is 7.26. The lowest BCUT2D eigenvalue weighted by molar-refractivity contribution is 1.19. The van der Waals surface area contributed by atoms with Crippen LogP contribution in [0.5, 0.6) is 0 Å². The molecule has 0 saturated carbocycles. The van der Waals surface area contributed by atoms with Crippen LogP contribution in [0.1, 0.15) is 0 Å². The van der Waals surface area contributed by atoms with Crippen molar-refractivity contribution in [3.05, 3.63) is 231 Å². The lowest BCUT2D eigenvalue weighted by Crippen LogP contribution is -2.10. The lowest BCUT2D eigenvalue weighted by atomic mass is 10.00. The Kier molecular flexibility index (Phi) is 8.39. The summed E-state index contributed by atoms with van der Waals surface area (Å²) in [6.07, 6.45) is 0. The maximum absolute atomic E-state index is 2.47. The fourth-order valence-electron chi connectivity index (χ4n) is 9.21. The van der Waals surface area contributed by atoms with Gasteiger partial charge in [-0.1, -0.05) is 158 Å². The van der Waals surface area contributed by atoms with Gasteiger partial charge in [0.15, 0.2) is 0 Å². The smallest absolute Gasteiger partial charge is 0.0547 e. The minimum absolute atomic E-state index is 1.10. The minimum Gasteiger partial charge on any atom is -0.310 e. The summed E-state index contributed by atoms with van der Waals surface area (Å²) < 4.78 is 5.07. The molecule has 0 N–H and O–H groups in total. The van der Waals surface area contributed by atoms with E-state index in [0.717, 1.165) is 22.7 Å². The van der Waals surface area contributed by atoms with E-state index in [4.69, 9.17) is 0 Å². The van der Waals surface area contributed by atoms with Gasteiger partial charge in [-0.05, 0) is 111 Å². The van der Waals surface area contributed by atoms with Crippen LogP contribution in [0.4, 0.5) is 17.1 Å². The van der Waals surface area contributed by atoms with Gasteiger partial charge in [0, 0.05) is 59.3 Å². The van der Waals surface area contributed by atoms with Gasteiger partial charge in [-0.2, -0.15) is 0 Å². The fraction of sp³-hybridized carbons (Fsp3) is 0. The molecule has 0 aliphatic rings. The predicted molar refractivity (Wildman–Crippen MR) is 262 cm³/mol. The largest absolute Gasteiger partial charge is 0.310 e. The molecular formula is C58H38N2S. The molecule has 12 aromatic rings. The first-order valence-electron chi connectivity index (χ1n) is 20.8. The maximum Gasteiger partial charge on any atom is 0.0547 e. The molecule has 0 amide bonds. The molecule has 2 aromatic heterocycles. The van der Waals surface area contributed by atoms with E-state index in [1.54, 1.807) is 0 Å².